The van der Waals surface area contributed by atoms with Crippen LogP contribution in [0.1, 0.15) is 36.4 Å². The minimum absolute atomic E-state index is 0.588. The lowest BCUT2D eigenvalue weighted by atomic mass is 10.1. The van der Waals surface area contributed by atoms with Crippen LogP contribution in [0.15, 0.2) is 36.4 Å². The van der Waals surface area contributed by atoms with Gasteiger partial charge < -0.3 is 9.47 Å². The minimum Gasteiger partial charge on any atom is -0.490 e. The number of nitrogens with one attached hydrogen (secondary N) is 1. The van der Waals surface area contributed by atoms with E-state index in [4.69, 9.17) is 21.7 Å². The van der Waals surface area contributed by atoms with Crippen LogP contribution >= 0.6 is 12.2 Å². The molecule has 0 atom stereocenters. The molecule has 0 fully saturated rings. The number of aryl methyl sites for hydroxylation is 2. The Morgan fingerprint density at radius 1 is 1.00 bits per heavy atom. The molecule has 1 N–H and O–H groups in total. The summed E-state index contributed by atoms with van der Waals surface area (Å²) < 4.78 is 14.0. The fourth-order valence-corrected chi connectivity index (χ4v) is 3.29. The summed E-state index contributed by atoms with van der Waals surface area (Å²) in [5.74, 6) is 2.38. The van der Waals surface area contributed by atoms with Gasteiger partial charge in [0.25, 0.3) is 0 Å². The molecule has 2 aromatic carbocycles. The lowest BCUT2D eigenvalue weighted by molar-refractivity contribution is 0.287. The second-order valence-electron chi connectivity index (χ2n) is 6.39. The number of ether oxygens (including phenoxy) is 2. The molecule has 1 heterocycles. The van der Waals surface area contributed by atoms with Crippen LogP contribution in [-0.4, -0.2) is 28.0 Å². The molecule has 0 aliphatic heterocycles. The van der Waals surface area contributed by atoms with Crippen molar-refractivity contribution in [3.05, 3.63) is 63.7 Å². The highest BCUT2D eigenvalue weighted by Gasteiger charge is 2.13. The maximum Gasteiger partial charge on any atom is 0.199 e. The van der Waals surface area contributed by atoms with E-state index in [0.29, 0.717) is 24.4 Å². The second-order valence-corrected chi connectivity index (χ2v) is 6.78. The summed E-state index contributed by atoms with van der Waals surface area (Å²) in [4.78, 5) is 0. The molecule has 3 aromatic rings. The standard InChI is InChI=1S/C21H25N3O2S/c1-5-25-18-10-9-16(12-19(18)26-6-2)13-20-22-23-21(27)24(20)17-11-14(3)7-8-15(17)4/h7-12H,5-6,13H2,1-4H3,(H,23,27). The first kappa shape index (κ1) is 19.2. The zero-order valence-corrected chi connectivity index (χ0v) is 17.0. The minimum atomic E-state index is 0.588. The van der Waals surface area contributed by atoms with E-state index in [1.807, 2.05) is 36.6 Å². The first-order valence-corrected chi connectivity index (χ1v) is 9.56. The molecular weight excluding hydrogens is 358 g/mol. The molecule has 27 heavy (non-hydrogen) atoms. The van der Waals surface area contributed by atoms with Crippen molar-refractivity contribution in [1.82, 2.24) is 14.8 Å². The van der Waals surface area contributed by atoms with Crippen LogP contribution < -0.4 is 9.47 Å². The molecule has 0 spiro atoms. The van der Waals surface area contributed by atoms with E-state index >= 15 is 0 Å². The highest BCUT2D eigenvalue weighted by molar-refractivity contribution is 7.71. The molecule has 0 bridgehead atoms. The van der Waals surface area contributed by atoms with Gasteiger partial charge in [-0.1, -0.05) is 18.2 Å². The van der Waals surface area contributed by atoms with Crippen LogP contribution in [0.25, 0.3) is 5.69 Å². The lowest BCUT2D eigenvalue weighted by Crippen LogP contribution is -2.05. The van der Waals surface area contributed by atoms with Crippen molar-refractivity contribution in [2.24, 2.45) is 0 Å². The number of benzene rings is 2. The molecule has 0 aliphatic carbocycles. The summed E-state index contributed by atoms with van der Waals surface area (Å²) in [6.07, 6.45) is 0.632. The topological polar surface area (TPSA) is 52.1 Å². The second kappa shape index (κ2) is 8.39. The molecule has 0 unspecified atom stereocenters. The van der Waals surface area contributed by atoms with Crippen molar-refractivity contribution in [1.29, 1.82) is 0 Å². The Balaban J connectivity index is 1.99. The highest BCUT2D eigenvalue weighted by Crippen LogP contribution is 2.29. The molecule has 0 amide bonds. The predicted octanol–water partition coefficient (Wildman–Crippen LogP) is 4.93. The van der Waals surface area contributed by atoms with E-state index in [-0.39, 0.29) is 0 Å². The Morgan fingerprint density at radius 3 is 2.48 bits per heavy atom. The van der Waals surface area contributed by atoms with E-state index in [0.717, 1.165) is 34.1 Å². The summed E-state index contributed by atoms with van der Waals surface area (Å²) in [6, 6.07) is 12.3. The van der Waals surface area contributed by atoms with Crippen molar-refractivity contribution in [2.75, 3.05) is 13.2 Å². The lowest BCUT2D eigenvalue weighted by Gasteiger charge is -2.13. The van der Waals surface area contributed by atoms with Gasteiger partial charge in [-0.2, -0.15) is 5.10 Å². The number of rotatable bonds is 7. The summed E-state index contributed by atoms with van der Waals surface area (Å²) in [5.41, 5.74) is 4.48. The molecule has 0 saturated heterocycles. The number of aromatic amines is 1. The van der Waals surface area contributed by atoms with E-state index in [9.17, 15) is 0 Å². The third-order valence-electron chi connectivity index (χ3n) is 4.32. The largest absolute Gasteiger partial charge is 0.490 e. The fourth-order valence-electron chi connectivity index (χ4n) is 3.04. The molecule has 6 heteroatoms. The molecule has 0 saturated carbocycles. The quantitative estimate of drug-likeness (QED) is 0.588. The van der Waals surface area contributed by atoms with Crippen LogP contribution in [0, 0.1) is 18.6 Å². The number of nitrogens with zero attached hydrogens (tertiary/aromatic N) is 2. The zero-order valence-electron chi connectivity index (χ0n) is 16.2. The van der Waals surface area contributed by atoms with Crippen molar-refractivity contribution in [2.45, 2.75) is 34.1 Å². The summed E-state index contributed by atoms with van der Waals surface area (Å²) in [5, 5.41) is 7.40. The van der Waals surface area contributed by atoms with Gasteiger partial charge in [-0.15, -0.1) is 0 Å². The molecular formula is C21H25N3O2S. The summed E-state index contributed by atoms with van der Waals surface area (Å²) in [7, 11) is 0. The summed E-state index contributed by atoms with van der Waals surface area (Å²) in [6.45, 7) is 9.28. The van der Waals surface area contributed by atoms with Gasteiger partial charge in [-0.25, -0.2) is 0 Å². The van der Waals surface area contributed by atoms with Crippen LogP contribution in [0.3, 0.4) is 0 Å². The molecule has 0 radical (unpaired) electrons. The third kappa shape index (κ3) is 4.22. The van der Waals surface area contributed by atoms with Crippen LogP contribution in [0.5, 0.6) is 11.5 Å². The molecule has 0 aliphatic rings. The number of hydrogen-bond donors (Lipinski definition) is 1. The van der Waals surface area contributed by atoms with Crippen LogP contribution in [0.2, 0.25) is 0 Å². The number of aromatic nitrogens is 3. The van der Waals surface area contributed by atoms with Gasteiger partial charge in [0.2, 0.25) is 0 Å². The van der Waals surface area contributed by atoms with Crippen molar-refractivity contribution in [3.8, 4) is 17.2 Å². The van der Waals surface area contributed by atoms with Gasteiger partial charge in [0.15, 0.2) is 16.3 Å². The Hall–Kier alpha value is -2.60. The van der Waals surface area contributed by atoms with Crippen molar-refractivity contribution < 1.29 is 9.47 Å². The first-order valence-electron chi connectivity index (χ1n) is 9.16. The molecule has 5 nitrogen and oxygen atoms in total. The normalized spacial score (nSPS) is 10.8. The van der Waals surface area contributed by atoms with Crippen LogP contribution in [0.4, 0.5) is 0 Å². The van der Waals surface area contributed by atoms with Crippen molar-refractivity contribution in [3.63, 3.8) is 0 Å². The first-order chi connectivity index (χ1) is 13.0. The van der Waals surface area contributed by atoms with E-state index in [2.05, 4.69) is 42.2 Å². The average molecular weight is 384 g/mol. The molecule has 1 aromatic heterocycles. The SMILES string of the molecule is CCOc1ccc(Cc2n[nH]c(=S)n2-c2cc(C)ccc2C)cc1OCC. The third-order valence-corrected chi connectivity index (χ3v) is 4.59. The van der Waals surface area contributed by atoms with Crippen molar-refractivity contribution >= 4 is 12.2 Å². The Morgan fingerprint density at radius 2 is 1.74 bits per heavy atom. The van der Waals surface area contributed by atoms with Gasteiger partial charge in [-0.05, 0) is 74.8 Å². The van der Waals surface area contributed by atoms with Gasteiger partial charge >= 0.3 is 0 Å². The smallest absolute Gasteiger partial charge is 0.199 e. The van der Waals surface area contributed by atoms with E-state index in [1.54, 1.807) is 0 Å². The maximum atomic E-state index is 5.74. The number of H-pyrrole nitrogens is 1. The van der Waals surface area contributed by atoms with Gasteiger partial charge in [0.1, 0.15) is 5.82 Å². The summed E-state index contributed by atoms with van der Waals surface area (Å²) >= 11 is 5.50. The monoisotopic (exact) mass is 383 g/mol. The average Bonchev–Trinajstić information content (AvgIpc) is 3.00. The number of hydrogen-bond acceptors (Lipinski definition) is 4. The Bertz CT molecular complexity index is 991. The Labute approximate surface area is 165 Å². The Kier molecular flexibility index (Phi) is 5.96. The highest BCUT2D eigenvalue weighted by atomic mass is 32.1. The van der Waals surface area contributed by atoms with Gasteiger partial charge in [0.05, 0.1) is 18.9 Å². The van der Waals surface area contributed by atoms with Crippen LogP contribution in [-0.2, 0) is 6.42 Å². The predicted molar refractivity (Wildman–Crippen MR) is 110 cm³/mol. The molecule has 142 valence electrons. The zero-order chi connectivity index (χ0) is 19.4. The maximum absolute atomic E-state index is 5.74. The van der Waals surface area contributed by atoms with Gasteiger partial charge in [0, 0.05) is 6.42 Å². The molecule has 3 rings (SSSR count). The van der Waals surface area contributed by atoms with Gasteiger partial charge in [-0.3, -0.25) is 9.67 Å². The fraction of sp³-hybridized carbons (Fsp3) is 0.333. The van der Waals surface area contributed by atoms with E-state index in [1.165, 1.54) is 5.56 Å². The van der Waals surface area contributed by atoms with E-state index < -0.39 is 0 Å².